The first kappa shape index (κ1) is 19.9. The molecule has 0 fully saturated rings. The van der Waals surface area contributed by atoms with E-state index in [0.717, 1.165) is 17.5 Å². The zero-order chi connectivity index (χ0) is 21.3. The molecule has 0 saturated carbocycles. The molecule has 30 heavy (non-hydrogen) atoms. The largest absolute Gasteiger partial charge is 0.496 e. The Kier molecular flexibility index (Phi) is 5.17. The molecular formula is C22H20F2N4O2. The molecule has 0 saturated heterocycles. The fourth-order valence-electron chi connectivity index (χ4n) is 3.66. The number of ether oxygens (including phenoxy) is 1. The van der Waals surface area contributed by atoms with Crippen LogP contribution in [0.25, 0.3) is 10.9 Å². The molecule has 4 aromatic rings. The Morgan fingerprint density at radius 1 is 1.17 bits per heavy atom. The predicted molar refractivity (Wildman–Crippen MR) is 107 cm³/mol. The summed E-state index contributed by atoms with van der Waals surface area (Å²) in [6, 6.07) is 12.2. The molecule has 0 aliphatic carbocycles. The van der Waals surface area contributed by atoms with Gasteiger partial charge in [-0.3, -0.25) is 4.98 Å². The van der Waals surface area contributed by atoms with Crippen LogP contribution >= 0.6 is 0 Å². The van der Waals surface area contributed by atoms with Gasteiger partial charge in [0.2, 0.25) is 0 Å². The molecule has 2 heterocycles. The molecule has 0 bridgehead atoms. The van der Waals surface area contributed by atoms with Gasteiger partial charge < -0.3 is 9.84 Å². The number of pyridine rings is 1. The van der Waals surface area contributed by atoms with E-state index in [1.807, 2.05) is 24.3 Å². The lowest BCUT2D eigenvalue weighted by Crippen LogP contribution is -2.38. The van der Waals surface area contributed by atoms with Gasteiger partial charge >= 0.3 is 0 Å². The molecule has 154 valence electrons. The van der Waals surface area contributed by atoms with Crippen molar-refractivity contribution < 1.29 is 18.6 Å². The minimum absolute atomic E-state index is 0.0422. The average Bonchev–Trinajstić information content (AvgIpc) is 3.24. The number of hydrogen-bond donors (Lipinski definition) is 1. The Hall–Kier alpha value is -3.39. The molecule has 8 heteroatoms. The second-order valence-electron chi connectivity index (χ2n) is 7.13. The Labute approximate surface area is 171 Å². The van der Waals surface area contributed by atoms with Crippen molar-refractivity contribution in [2.24, 2.45) is 0 Å². The fourth-order valence-corrected chi connectivity index (χ4v) is 3.66. The summed E-state index contributed by atoms with van der Waals surface area (Å²) >= 11 is 0. The summed E-state index contributed by atoms with van der Waals surface area (Å²) in [5.41, 5.74) is -0.576. The van der Waals surface area contributed by atoms with Crippen molar-refractivity contribution in [2.45, 2.75) is 25.0 Å². The van der Waals surface area contributed by atoms with Gasteiger partial charge in [-0.1, -0.05) is 19.1 Å². The molecule has 2 atom stereocenters. The quantitative estimate of drug-likeness (QED) is 0.523. The molecule has 1 N–H and O–H groups in total. The molecule has 2 aromatic heterocycles. The molecule has 6 nitrogen and oxygen atoms in total. The Balaban J connectivity index is 1.83. The van der Waals surface area contributed by atoms with Gasteiger partial charge in [0.1, 0.15) is 35.6 Å². The fraction of sp³-hybridized carbons (Fsp3) is 0.227. The van der Waals surface area contributed by atoms with Crippen molar-refractivity contribution in [3.8, 4) is 5.75 Å². The number of methoxy groups -OCH3 is 1. The molecule has 4 rings (SSSR count). The van der Waals surface area contributed by atoms with Crippen LogP contribution in [-0.2, 0) is 12.1 Å². The highest BCUT2D eigenvalue weighted by Gasteiger charge is 2.40. The van der Waals surface area contributed by atoms with Crippen LogP contribution in [0.3, 0.4) is 0 Å². The molecule has 0 aliphatic rings. The van der Waals surface area contributed by atoms with Crippen molar-refractivity contribution in [3.05, 3.63) is 84.1 Å². The third-order valence-electron chi connectivity index (χ3n) is 5.36. The predicted octanol–water partition coefficient (Wildman–Crippen LogP) is 3.80. The summed E-state index contributed by atoms with van der Waals surface area (Å²) in [6.07, 6.45) is 2.75. The zero-order valence-corrected chi connectivity index (χ0v) is 16.5. The van der Waals surface area contributed by atoms with Crippen LogP contribution in [0.15, 0.2) is 61.2 Å². The maximum atomic E-state index is 14.7. The van der Waals surface area contributed by atoms with Crippen molar-refractivity contribution >= 4 is 10.9 Å². The number of aromatic nitrogens is 4. The van der Waals surface area contributed by atoms with Gasteiger partial charge in [0.15, 0.2) is 0 Å². The van der Waals surface area contributed by atoms with Crippen molar-refractivity contribution in [1.29, 1.82) is 0 Å². The van der Waals surface area contributed by atoms with Gasteiger partial charge in [-0.25, -0.2) is 18.4 Å². The van der Waals surface area contributed by atoms with E-state index < -0.39 is 23.2 Å². The van der Waals surface area contributed by atoms with Gasteiger partial charge in [-0.15, -0.1) is 0 Å². The number of nitrogens with zero attached hydrogens (tertiary/aromatic N) is 4. The van der Waals surface area contributed by atoms with Crippen molar-refractivity contribution in [3.63, 3.8) is 0 Å². The molecular weight excluding hydrogens is 390 g/mol. The van der Waals surface area contributed by atoms with E-state index in [2.05, 4.69) is 15.1 Å². The van der Waals surface area contributed by atoms with Crippen LogP contribution in [0.2, 0.25) is 0 Å². The van der Waals surface area contributed by atoms with Crippen LogP contribution < -0.4 is 4.74 Å². The van der Waals surface area contributed by atoms with E-state index in [1.165, 1.54) is 23.4 Å². The van der Waals surface area contributed by atoms with Crippen LogP contribution in [0, 0.1) is 11.6 Å². The summed E-state index contributed by atoms with van der Waals surface area (Å²) in [4.78, 5) is 8.56. The van der Waals surface area contributed by atoms with E-state index in [1.54, 1.807) is 20.1 Å². The lowest BCUT2D eigenvalue weighted by molar-refractivity contribution is -0.0122. The third-order valence-corrected chi connectivity index (χ3v) is 5.36. The first-order chi connectivity index (χ1) is 14.4. The highest BCUT2D eigenvalue weighted by atomic mass is 19.1. The second-order valence-corrected chi connectivity index (χ2v) is 7.13. The second kappa shape index (κ2) is 7.79. The SMILES string of the molecule is COc1cccc2nc(C(C)C(O)(Cn3cncn3)c3ccc(F)cc3F)ccc12. The summed E-state index contributed by atoms with van der Waals surface area (Å²) in [7, 11) is 1.58. The number of fused-ring (bicyclic) bond motifs is 1. The standard InChI is InChI=1S/C22H20F2N4O2/c1-14(19-9-7-16-20(27-19)4-3-5-21(16)30-2)22(29,11-28-13-25-12-26-28)17-8-6-15(23)10-18(17)24/h3-10,12-14,29H,11H2,1-2H3. The van der Waals surface area contributed by atoms with Gasteiger partial charge in [0.05, 0.1) is 19.2 Å². The zero-order valence-electron chi connectivity index (χ0n) is 16.5. The Morgan fingerprint density at radius 3 is 2.70 bits per heavy atom. The van der Waals surface area contributed by atoms with Gasteiger partial charge in [-0.05, 0) is 30.3 Å². The van der Waals surface area contributed by atoms with Gasteiger partial charge in [0.25, 0.3) is 0 Å². The van der Waals surface area contributed by atoms with Crippen molar-refractivity contribution in [1.82, 2.24) is 19.7 Å². The van der Waals surface area contributed by atoms with Gasteiger partial charge in [-0.2, -0.15) is 5.10 Å². The molecule has 2 unspecified atom stereocenters. The maximum Gasteiger partial charge on any atom is 0.137 e. The van der Waals surface area contributed by atoms with E-state index in [4.69, 9.17) is 4.74 Å². The first-order valence-corrected chi connectivity index (χ1v) is 9.36. The number of halogens is 2. The van der Waals surface area contributed by atoms with E-state index >= 15 is 0 Å². The highest BCUT2D eigenvalue weighted by molar-refractivity contribution is 5.85. The van der Waals surface area contributed by atoms with Crippen LogP contribution in [0.1, 0.15) is 24.1 Å². The Bertz CT molecular complexity index is 1180. The topological polar surface area (TPSA) is 73.1 Å². The Morgan fingerprint density at radius 2 is 2.00 bits per heavy atom. The lowest BCUT2D eigenvalue weighted by Gasteiger charge is -2.34. The maximum absolute atomic E-state index is 14.7. The smallest absolute Gasteiger partial charge is 0.137 e. The monoisotopic (exact) mass is 410 g/mol. The molecule has 0 radical (unpaired) electrons. The molecule has 0 aliphatic heterocycles. The van der Waals surface area contributed by atoms with Crippen LogP contribution in [-0.4, -0.2) is 32.0 Å². The molecule has 2 aromatic carbocycles. The molecule has 0 spiro atoms. The first-order valence-electron chi connectivity index (χ1n) is 9.36. The lowest BCUT2D eigenvalue weighted by atomic mass is 9.79. The van der Waals surface area contributed by atoms with Gasteiger partial charge in [0, 0.05) is 28.6 Å². The van der Waals surface area contributed by atoms with E-state index in [9.17, 15) is 13.9 Å². The minimum Gasteiger partial charge on any atom is -0.496 e. The number of aliphatic hydroxyl groups is 1. The highest BCUT2D eigenvalue weighted by Crippen LogP contribution is 2.39. The van der Waals surface area contributed by atoms with Crippen LogP contribution in [0.5, 0.6) is 5.75 Å². The summed E-state index contributed by atoms with van der Waals surface area (Å²) in [5, 5.41) is 16.6. The molecule has 0 amide bonds. The average molecular weight is 410 g/mol. The summed E-state index contributed by atoms with van der Waals surface area (Å²) < 4.78 is 35.0. The van der Waals surface area contributed by atoms with Crippen LogP contribution in [0.4, 0.5) is 8.78 Å². The summed E-state index contributed by atoms with van der Waals surface area (Å²) in [6.45, 7) is 1.66. The van der Waals surface area contributed by atoms with E-state index in [0.29, 0.717) is 17.0 Å². The number of rotatable bonds is 6. The number of benzene rings is 2. The third kappa shape index (κ3) is 3.50. The van der Waals surface area contributed by atoms with Crippen molar-refractivity contribution in [2.75, 3.05) is 7.11 Å². The summed E-state index contributed by atoms with van der Waals surface area (Å²) in [5.74, 6) is -1.53. The minimum atomic E-state index is -1.76. The van der Waals surface area contributed by atoms with E-state index in [-0.39, 0.29) is 12.1 Å². The number of hydrogen-bond acceptors (Lipinski definition) is 5. The normalized spacial score (nSPS) is 14.4.